The van der Waals surface area contributed by atoms with Crippen molar-refractivity contribution in [3.05, 3.63) is 29.8 Å². The van der Waals surface area contributed by atoms with Gasteiger partial charge in [0.05, 0.1) is 18.2 Å². The maximum Gasteiger partial charge on any atom is 0.196 e. The van der Waals surface area contributed by atoms with Gasteiger partial charge in [0.15, 0.2) is 5.96 Å². The van der Waals surface area contributed by atoms with Crippen molar-refractivity contribution < 1.29 is 4.74 Å². The minimum atomic E-state index is 0.00947. The second-order valence-corrected chi connectivity index (χ2v) is 5.71. The lowest BCUT2D eigenvalue weighted by Gasteiger charge is -2.44. The highest BCUT2D eigenvalue weighted by Crippen LogP contribution is 2.38. The summed E-state index contributed by atoms with van der Waals surface area (Å²) < 4.78 is 5.69. The third kappa shape index (κ3) is 2.10. The number of hydrogen-bond acceptors (Lipinski definition) is 4. The van der Waals surface area contributed by atoms with E-state index in [4.69, 9.17) is 10.5 Å². The van der Waals surface area contributed by atoms with Gasteiger partial charge in [-0.2, -0.15) is 0 Å². The molecule has 0 bridgehead atoms. The number of guanidine groups is 1. The number of aryl methyl sites for hydroxylation is 1. The molecule has 19 heavy (non-hydrogen) atoms. The van der Waals surface area contributed by atoms with Crippen LogP contribution in [-0.2, 0) is 4.74 Å². The molecular weight excluding hydrogens is 238 g/mol. The second-order valence-electron chi connectivity index (χ2n) is 5.71. The van der Waals surface area contributed by atoms with E-state index in [0.717, 1.165) is 31.7 Å². The van der Waals surface area contributed by atoms with E-state index in [1.807, 2.05) is 0 Å². The summed E-state index contributed by atoms with van der Waals surface area (Å²) in [6.07, 6.45) is 2.22. The number of benzene rings is 1. The molecule has 2 N–H and O–H groups in total. The van der Waals surface area contributed by atoms with E-state index in [-0.39, 0.29) is 11.6 Å². The number of nitrogens with zero attached hydrogens (tertiary/aromatic N) is 2. The van der Waals surface area contributed by atoms with Crippen LogP contribution in [0, 0.1) is 6.92 Å². The fourth-order valence-corrected chi connectivity index (χ4v) is 3.28. The molecule has 2 aliphatic heterocycles. The normalized spacial score (nSPS) is 30.7. The van der Waals surface area contributed by atoms with Gasteiger partial charge in [0, 0.05) is 12.3 Å². The molecule has 4 heteroatoms. The van der Waals surface area contributed by atoms with Gasteiger partial charge in [-0.15, -0.1) is 0 Å². The third-order valence-corrected chi connectivity index (χ3v) is 4.14. The summed E-state index contributed by atoms with van der Waals surface area (Å²) >= 11 is 0. The number of rotatable bonds is 1. The monoisotopic (exact) mass is 259 g/mol. The Morgan fingerprint density at radius 1 is 1.47 bits per heavy atom. The summed E-state index contributed by atoms with van der Waals surface area (Å²) in [6.45, 7) is 5.79. The molecule has 2 aliphatic rings. The van der Waals surface area contributed by atoms with E-state index < -0.39 is 0 Å². The van der Waals surface area contributed by atoms with Gasteiger partial charge in [0.1, 0.15) is 0 Å². The van der Waals surface area contributed by atoms with Crippen LogP contribution in [-0.4, -0.2) is 30.8 Å². The Labute approximate surface area is 114 Å². The topological polar surface area (TPSA) is 50.8 Å². The molecule has 1 saturated heterocycles. The lowest BCUT2D eigenvalue weighted by molar-refractivity contribution is -0.00246. The highest BCUT2D eigenvalue weighted by Gasteiger charge is 2.46. The maximum atomic E-state index is 6.15. The van der Waals surface area contributed by atoms with Crippen molar-refractivity contribution in [1.82, 2.24) is 0 Å². The number of nitrogens with two attached hydrogens (primary N) is 1. The van der Waals surface area contributed by atoms with Crippen LogP contribution >= 0.6 is 0 Å². The van der Waals surface area contributed by atoms with Crippen molar-refractivity contribution in [2.24, 2.45) is 10.7 Å². The molecule has 2 atom stereocenters. The van der Waals surface area contributed by atoms with Crippen LogP contribution in [0.1, 0.15) is 25.3 Å². The molecule has 0 radical (unpaired) electrons. The molecule has 0 saturated carbocycles. The zero-order valence-electron chi connectivity index (χ0n) is 11.6. The van der Waals surface area contributed by atoms with Crippen molar-refractivity contribution in [3.8, 4) is 0 Å². The van der Waals surface area contributed by atoms with Crippen molar-refractivity contribution in [1.29, 1.82) is 0 Å². The van der Waals surface area contributed by atoms with Gasteiger partial charge >= 0.3 is 0 Å². The largest absolute Gasteiger partial charge is 0.378 e. The highest BCUT2D eigenvalue weighted by molar-refractivity contribution is 5.98. The van der Waals surface area contributed by atoms with Crippen molar-refractivity contribution in [3.63, 3.8) is 0 Å². The molecule has 3 rings (SSSR count). The van der Waals surface area contributed by atoms with E-state index in [0.29, 0.717) is 5.96 Å². The summed E-state index contributed by atoms with van der Waals surface area (Å²) in [5.41, 5.74) is 8.55. The van der Waals surface area contributed by atoms with Gasteiger partial charge in [-0.05, 0) is 44.4 Å². The summed E-state index contributed by atoms with van der Waals surface area (Å²) in [4.78, 5) is 6.72. The minimum absolute atomic E-state index is 0.00947. The Balaban J connectivity index is 1.98. The summed E-state index contributed by atoms with van der Waals surface area (Å²) in [5, 5.41) is 0. The molecule has 1 spiro atoms. The lowest BCUT2D eigenvalue weighted by atomic mass is 9.85. The zero-order chi connectivity index (χ0) is 13.5. The van der Waals surface area contributed by atoms with E-state index >= 15 is 0 Å². The van der Waals surface area contributed by atoms with Crippen LogP contribution < -0.4 is 10.6 Å². The van der Waals surface area contributed by atoms with Gasteiger partial charge in [0.2, 0.25) is 0 Å². The van der Waals surface area contributed by atoms with E-state index in [2.05, 4.69) is 48.0 Å². The SMILES string of the molecule is Cc1cccc(N2C(N)=NCC23CCOC(C)C3)c1. The average Bonchev–Trinajstić information content (AvgIpc) is 2.66. The fraction of sp³-hybridized carbons (Fsp3) is 0.533. The van der Waals surface area contributed by atoms with Crippen LogP contribution in [0.2, 0.25) is 0 Å². The number of ether oxygens (including phenoxy) is 1. The van der Waals surface area contributed by atoms with Gasteiger partial charge in [-0.1, -0.05) is 12.1 Å². The Kier molecular flexibility index (Phi) is 2.97. The van der Waals surface area contributed by atoms with Crippen molar-refractivity contribution in [2.75, 3.05) is 18.1 Å². The van der Waals surface area contributed by atoms with Crippen LogP contribution in [0.3, 0.4) is 0 Å². The molecule has 0 amide bonds. The summed E-state index contributed by atoms with van der Waals surface area (Å²) in [5.74, 6) is 0.639. The number of anilines is 1. The maximum absolute atomic E-state index is 6.15. The molecule has 0 aromatic heterocycles. The van der Waals surface area contributed by atoms with E-state index in [1.165, 1.54) is 5.56 Å². The predicted octanol–water partition coefficient (Wildman–Crippen LogP) is 2.07. The fourth-order valence-electron chi connectivity index (χ4n) is 3.28. The Hall–Kier alpha value is -1.55. The van der Waals surface area contributed by atoms with Crippen molar-refractivity contribution >= 4 is 11.6 Å². The number of aliphatic imine (C=N–C) groups is 1. The van der Waals surface area contributed by atoms with Gasteiger partial charge in [0.25, 0.3) is 0 Å². The summed E-state index contributed by atoms with van der Waals surface area (Å²) in [7, 11) is 0. The van der Waals surface area contributed by atoms with E-state index in [9.17, 15) is 0 Å². The molecule has 1 aromatic carbocycles. The molecular formula is C15H21N3O. The lowest BCUT2D eigenvalue weighted by Crippen LogP contribution is -2.56. The van der Waals surface area contributed by atoms with Crippen LogP contribution in [0.15, 0.2) is 29.3 Å². The van der Waals surface area contributed by atoms with Gasteiger partial charge in [-0.3, -0.25) is 4.99 Å². The Morgan fingerprint density at radius 2 is 2.32 bits per heavy atom. The smallest absolute Gasteiger partial charge is 0.196 e. The second kappa shape index (κ2) is 4.53. The molecule has 1 fully saturated rings. The van der Waals surface area contributed by atoms with Gasteiger partial charge < -0.3 is 15.4 Å². The van der Waals surface area contributed by atoms with Crippen LogP contribution in [0.5, 0.6) is 0 Å². The van der Waals surface area contributed by atoms with Crippen LogP contribution in [0.25, 0.3) is 0 Å². The zero-order valence-corrected chi connectivity index (χ0v) is 11.6. The quantitative estimate of drug-likeness (QED) is 0.840. The first kappa shape index (κ1) is 12.5. The standard InChI is InChI=1S/C15H21N3O/c1-11-4-3-5-13(8-11)18-14(16)17-10-15(18)6-7-19-12(2)9-15/h3-5,8,12H,6-7,9-10H2,1-2H3,(H2,16,17). The molecule has 2 unspecified atom stereocenters. The molecule has 102 valence electrons. The Morgan fingerprint density at radius 3 is 3.05 bits per heavy atom. The number of hydrogen-bond donors (Lipinski definition) is 1. The third-order valence-electron chi connectivity index (χ3n) is 4.14. The van der Waals surface area contributed by atoms with Crippen LogP contribution in [0.4, 0.5) is 5.69 Å². The summed E-state index contributed by atoms with van der Waals surface area (Å²) in [6, 6.07) is 8.47. The average molecular weight is 259 g/mol. The first-order valence-electron chi connectivity index (χ1n) is 6.89. The van der Waals surface area contributed by atoms with Crippen molar-refractivity contribution in [2.45, 2.75) is 38.3 Å². The van der Waals surface area contributed by atoms with E-state index in [1.54, 1.807) is 0 Å². The van der Waals surface area contributed by atoms with Gasteiger partial charge in [-0.25, -0.2) is 0 Å². The predicted molar refractivity (Wildman–Crippen MR) is 77.5 cm³/mol. The molecule has 0 aliphatic carbocycles. The molecule has 2 heterocycles. The first-order valence-corrected chi connectivity index (χ1v) is 6.89. The highest BCUT2D eigenvalue weighted by atomic mass is 16.5. The molecule has 4 nitrogen and oxygen atoms in total. The molecule has 1 aromatic rings. The Bertz CT molecular complexity index is 514. The first-order chi connectivity index (χ1) is 9.11. The minimum Gasteiger partial charge on any atom is -0.378 e.